The van der Waals surface area contributed by atoms with Crippen LogP contribution in [-0.2, 0) is 0 Å². The van der Waals surface area contributed by atoms with E-state index in [1.165, 1.54) is 6.33 Å². The summed E-state index contributed by atoms with van der Waals surface area (Å²) in [4.78, 5) is 21.9. The minimum Gasteiger partial charge on any atom is -0.306 e. The Morgan fingerprint density at radius 3 is 2.71 bits per heavy atom. The third-order valence-electron chi connectivity index (χ3n) is 5.60. The normalized spacial score (nSPS) is 11.2. The number of nitrogens with zero attached hydrogens (tertiary/aromatic N) is 6. The zero-order chi connectivity index (χ0) is 24.0. The van der Waals surface area contributed by atoms with Crippen molar-refractivity contribution in [2.75, 3.05) is 5.32 Å². The highest BCUT2D eigenvalue weighted by Crippen LogP contribution is 2.27. The molecule has 3 aromatic heterocycles. The fraction of sp³-hybridized carbons (Fsp3) is 0.125. The van der Waals surface area contributed by atoms with Gasteiger partial charge in [-0.15, -0.1) is 0 Å². The highest BCUT2D eigenvalue weighted by molar-refractivity contribution is 9.10. The number of aryl methyl sites for hydroxylation is 2. The molecule has 2 aromatic carbocycles. The van der Waals surface area contributed by atoms with E-state index in [2.05, 4.69) is 61.3 Å². The van der Waals surface area contributed by atoms with Crippen LogP contribution in [0, 0.1) is 20.8 Å². The first-order chi connectivity index (χ1) is 16.3. The molecule has 1 amide bonds. The molecular formula is C24H19BrClN7O. The van der Waals surface area contributed by atoms with Gasteiger partial charge in [0.1, 0.15) is 12.1 Å². The van der Waals surface area contributed by atoms with Crippen LogP contribution in [0.4, 0.5) is 5.82 Å². The summed E-state index contributed by atoms with van der Waals surface area (Å²) in [5, 5.41) is 13.1. The van der Waals surface area contributed by atoms with Crippen molar-refractivity contribution < 1.29 is 4.79 Å². The first kappa shape index (κ1) is 22.2. The fourth-order valence-electron chi connectivity index (χ4n) is 3.75. The third-order valence-corrected chi connectivity index (χ3v) is 6.42. The largest absolute Gasteiger partial charge is 0.306 e. The van der Waals surface area contributed by atoms with E-state index in [9.17, 15) is 4.79 Å². The lowest BCUT2D eigenvalue weighted by molar-refractivity contribution is 0.102. The summed E-state index contributed by atoms with van der Waals surface area (Å²) >= 11 is 9.63. The monoisotopic (exact) mass is 535 g/mol. The number of anilines is 1. The summed E-state index contributed by atoms with van der Waals surface area (Å²) in [6, 6.07) is 12.9. The van der Waals surface area contributed by atoms with Gasteiger partial charge in [0.25, 0.3) is 5.91 Å². The molecule has 5 rings (SSSR count). The number of fused-ring (bicyclic) bond motifs is 1. The van der Waals surface area contributed by atoms with Crippen LogP contribution in [0.25, 0.3) is 22.5 Å². The van der Waals surface area contributed by atoms with Gasteiger partial charge in [-0.3, -0.25) is 4.79 Å². The Morgan fingerprint density at radius 2 is 1.88 bits per heavy atom. The van der Waals surface area contributed by atoms with Gasteiger partial charge in [0.05, 0.1) is 33.6 Å². The van der Waals surface area contributed by atoms with Crippen LogP contribution < -0.4 is 5.32 Å². The predicted molar refractivity (Wildman–Crippen MR) is 135 cm³/mol. The lowest BCUT2D eigenvalue weighted by atomic mass is 10.1. The van der Waals surface area contributed by atoms with Gasteiger partial charge in [0, 0.05) is 10.5 Å². The number of hydrogen-bond acceptors (Lipinski definition) is 5. The summed E-state index contributed by atoms with van der Waals surface area (Å²) < 4.78 is 4.12. The second-order valence-electron chi connectivity index (χ2n) is 7.87. The molecule has 0 radical (unpaired) electrons. The topological polar surface area (TPSA) is 90.5 Å². The van der Waals surface area contributed by atoms with Crippen LogP contribution in [-0.4, -0.2) is 35.4 Å². The van der Waals surface area contributed by atoms with Crippen LogP contribution in [0.3, 0.4) is 0 Å². The second kappa shape index (κ2) is 8.66. The first-order valence-corrected chi connectivity index (χ1v) is 11.6. The first-order valence-electron chi connectivity index (χ1n) is 10.4. The van der Waals surface area contributed by atoms with Crippen LogP contribution in [0.15, 0.2) is 59.5 Å². The van der Waals surface area contributed by atoms with Crippen molar-refractivity contribution >= 4 is 50.3 Å². The molecule has 5 aromatic rings. The lowest BCUT2D eigenvalue weighted by Gasteiger charge is -2.11. The van der Waals surface area contributed by atoms with E-state index in [-0.39, 0.29) is 5.91 Å². The van der Waals surface area contributed by atoms with Crippen molar-refractivity contribution in [3.05, 3.63) is 86.9 Å². The van der Waals surface area contributed by atoms with Gasteiger partial charge < -0.3 is 5.32 Å². The number of benzene rings is 2. The van der Waals surface area contributed by atoms with Gasteiger partial charge in [-0.05, 0) is 56.2 Å². The molecule has 0 saturated heterocycles. The highest BCUT2D eigenvalue weighted by Gasteiger charge is 2.19. The number of aromatic nitrogens is 6. The Labute approximate surface area is 208 Å². The molecule has 0 fully saturated rings. The van der Waals surface area contributed by atoms with Crippen LogP contribution >= 0.6 is 27.5 Å². The van der Waals surface area contributed by atoms with Gasteiger partial charge in [-0.1, -0.05) is 39.7 Å². The maximum absolute atomic E-state index is 13.0. The number of carbonyl (C=O) groups is 1. The molecule has 0 spiro atoms. The minimum atomic E-state index is -0.358. The Morgan fingerprint density at radius 1 is 1.06 bits per heavy atom. The summed E-state index contributed by atoms with van der Waals surface area (Å²) in [6.45, 7) is 5.96. The number of amides is 1. The molecule has 0 aliphatic carbocycles. The maximum Gasteiger partial charge on any atom is 0.258 e. The van der Waals surface area contributed by atoms with E-state index >= 15 is 0 Å². The molecule has 170 valence electrons. The Bertz CT molecular complexity index is 1570. The summed E-state index contributed by atoms with van der Waals surface area (Å²) in [7, 11) is 0. The predicted octanol–water partition coefficient (Wildman–Crippen LogP) is 5.59. The molecule has 0 bridgehead atoms. The number of hydrogen-bond donors (Lipinski definition) is 1. The lowest BCUT2D eigenvalue weighted by Crippen LogP contribution is -2.16. The Balaban J connectivity index is 1.59. The van der Waals surface area contributed by atoms with Crippen molar-refractivity contribution in [2.24, 2.45) is 0 Å². The van der Waals surface area contributed by atoms with Crippen molar-refractivity contribution in [1.29, 1.82) is 0 Å². The van der Waals surface area contributed by atoms with E-state index in [4.69, 9.17) is 11.6 Å². The van der Waals surface area contributed by atoms with Gasteiger partial charge in [-0.2, -0.15) is 14.9 Å². The van der Waals surface area contributed by atoms with Crippen LogP contribution in [0.1, 0.15) is 27.2 Å². The van der Waals surface area contributed by atoms with Crippen LogP contribution in [0.2, 0.25) is 5.02 Å². The molecule has 0 aliphatic heterocycles. The van der Waals surface area contributed by atoms with E-state index in [0.717, 1.165) is 21.3 Å². The van der Waals surface area contributed by atoms with Gasteiger partial charge in [-0.25, -0.2) is 14.6 Å². The second-order valence-corrected chi connectivity index (χ2v) is 9.19. The van der Waals surface area contributed by atoms with E-state index < -0.39 is 0 Å². The average molecular weight is 537 g/mol. The number of nitrogens with one attached hydrogen (secondary N) is 1. The zero-order valence-electron chi connectivity index (χ0n) is 18.5. The molecule has 3 heterocycles. The molecule has 1 N–H and O–H groups in total. The quantitative estimate of drug-likeness (QED) is 0.323. The van der Waals surface area contributed by atoms with Crippen molar-refractivity contribution in [3.63, 3.8) is 0 Å². The molecule has 8 nitrogen and oxygen atoms in total. The molecule has 10 heteroatoms. The van der Waals surface area contributed by atoms with Gasteiger partial charge in [0.15, 0.2) is 11.5 Å². The van der Waals surface area contributed by atoms with E-state index in [1.807, 2.05) is 19.1 Å². The summed E-state index contributed by atoms with van der Waals surface area (Å²) in [6.07, 6.45) is 3.18. The Hall–Kier alpha value is -3.56. The van der Waals surface area contributed by atoms with E-state index in [0.29, 0.717) is 38.9 Å². The summed E-state index contributed by atoms with van der Waals surface area (Å²) in [5.41, 5.74) is 4.91. The molecule has 0 atom stereocenters. The van der Waals surface area contributed by atoms with Crippen LogP contribution in [0.5, 0.6) is 0 Å². The smallest absolute Gasteiger partial charge is 0.258 e. The zero-order valence-corrected chi connectivity index (χ0v) is 20.9. The number of halogens is 2. The summed E-state index contributed by atoms with van der Waals surface area (Å²) in [5.74, 6) is 0.604. The Kier molecular flexibility index (Phi) is 5.66. The molecular weight excluding hydrogens is 518 g/mol. The highest BCUT2D eigenvalue weighted by atomic mass is 79.9. The van der Waals surface area contributed by atoms with Gasteiger partial charge >= 0.3 is 0 Å². The molecule has 0 unspecified atom stereocenters. The maximum atomic E-state index is 13.0. The van der Waals surface area contributed by atoms with Crippen molar-refractivity contribution in [1.82, 2.24) is 29.5 Å². The number of rotatable bonds is 4. The molecule has 34 heavy (non-hydrogen) atoms. The molecule has 0 saturated carbocycles. The third kappa shape index (κ3) is 3.86. The standard InChI is InChI=1S/C24H19BrClN7O/c1-13-5-4-6-20(15(13)3)32-22-18(11-29-32)23(28-12-27-22)33-21(9-14(2)31-33)30-24(34)17-10-16(25)7-8-19(17)26/h4-12H,1-3H3,(H,30,34). The van der Waals surface area contributed by atoms with Crippen molar-refractivity contribution in [3.8, 4) is 11.5 Å². The molecule has 0 aliphatic rings. The fourth-order valence-corrected chi connectivity index (χ4v) is 4.31. The average Bonchev–Trinajstić information content (AvgIpc) is 3.40. The SMILES string of the molecule is Cc1cc(NC(=O)c2cc(Br)ccc2Cl)n(-c2ncnc3c2cnn3-c2cccc(C)c2C)n1. The minimum absolute atomic E-state index is 0.344. The van der Waals surface area contributed by atoms with E-state index in [1.54, 1.807) is 39.8 Å². The van der Waals surface area contributed by atoms with Crippen molar-refractivity contribution in [2.45, 2.75) is 20.8 Å². The van der Waals surface area contributed by atoms with Gasteiger partial charge in [0.2, 0.25) is 0 Å². The number of carbonyl (C=O) groups excluding carboxylic acids is 1.